The predicted octanol–water partition coefficient (Wildman–Crippen LogP) is 1.99. The van der Waals surface area contributed by atoms with E-state index >= 15 is 0 Å². The summed E-state index contributed by atoms with van der Waals surface area (Å²) < 4.78 is 14.9. The monoisotopic (exact) mass is 282 g/mol. The number of hydrogen-bond donors (Lipinski definition) is 2. The zero-order valence-corrected chi connectivity index (χ0v) is 9.44. The first-order valence-electron chi connectivity index (χ1n) is 3.58. The fourth-order valence-electron chi connectivity index (χ4n) is 0.744. The molecule has 0 aliphatic heterocycles. The molecule has 2 N–H and O–H groups in total. The van der Waals surface area contributed by atoms with Gasteiger partial charge in [-0.05, 0) is 17.7 Å². The van der Waals surface area contributed by atoms with E-state index in [9.17, 15) is 4.57 Å². The quantitative estimate of drug-likeness (QED) is 0.502. The van der Waals surface area contributed by atoms with Crippen molar-refractivity contribution in [2.24, 2.45) is 0 Å². The fraction of sp³-hybridized carbons (Fsp3) is 0.143. The highest BCUT2D eigenvalue weighted by Crippen LogP contribution is 2.36. The van der Waals surface area contributed by atoms with Gasteiger partial charge in [-0.2, -0.15) is 0 Å². The van der Waals surface area contributed by atoms with Gasteiger partial charge in [0.05, 0.1) is 0 Å². The molecule has 0 bridgehead atoms. The lowest BCUT2D eigenvalue weighted by molar-refractivity contribution is -0.232. The maximum absolute atomic E-state index is 10.2. The third-order valence-electron chi connectivity index (χ3n) is 1.29. The van der Waals surface area contributed by atoms with E-state index in [1.165, 1.54) is 0 Å². The highest BCUT2D eigenvalue weighted by atomic mass is 79.9. The lowest BCUT2D eigenvalue weighted by Gasteiger charge is -2.04. The minimum Gasteiger partial charge on any atom is -0.301 e. The van der Waals surface area contributed by atoms with E-state index in [4.69, 9.17) is 9.79 Å². The van der Waals surface area contributed by atoms with Crippen LogP contribution >= 0.6 is 23.8 Å². The Morgan fingerprint density at radius 1 is 1.29 bits per heavy atom. The maximum atomic E-state index is 10.2. The van der Waals surface area contributed by atoms with Gasteiger partial charge in [0.2, 0.25) is 0 Å². The third-order valence-corrected chi connectivity index (χ3v) is 2.12. The van der Waals surface area contributed by atoms with Crippen molar-refractivity contribution in [3.8, 4) is 0 Å². The van der Waals surface area contributed by atoms with E-state index < -0.39 is 7.82 Å². The molecule has 0 fully saturated rings. The van der Waals surface area contributed by atoms with Crippen molar-refractivity contribution in [3.05, 3.63) is 34.3 Å². The second-order valence-electron chi connectivity index (χ2n) is 2.45. The molecular weight excluding hydrogens is 275 g/mol. The van der Waals surface area contributed by atoms with Crippen molar-refractivity contribution in [3.63, 3.8) is 0 Å². The molecule has 14 heavy (non-hydrogen) atoms. The Hall–Kier alpha value is -0.230. The zero-order valence-electron chi connectivity index (χ0n) is 6.96. The predicted molar refractivity (Wildman–Crippen MR) is 52.1 cm³/mol. The molecule has 1 aromatic carbocycles. The second kappa shape index (κ2) is 5.02. The lowest BCUT2D eigenvalue weighted by atomic mass is 10.2. The summed E-state index contributed by atoms with van der Waals surface area (Å²) >= 11 is 3.25. The van der Waals surface area contributed by atoms with Crippen LogP contribution in [0.2, 0.25) is 0 Å². The topological polar surface area (TPSA) is 76.0 Å². The SMILES string of the molecule is O=P(O)(O)OOCc1ccc(Br)cc1. The number of hydrogen-bond acceptors (Lipinski definition) is 3. The van der Waals surface area contributed by atoms with Crippen LogP contribution in [-0.2, 0) is 20.7 Å². The molecule has 0 saturated carbocycles. The van der Waals surface area contributed by atoms with Gasteiger partial charge < -0.3 is 9.79 Å². The Morgan fingerprint density at radius 3 is 2.36 bits per heavy atom. The van der Waals surface area contributed by atoms with E-state index in [1.54, 1.807) is 24.3 Å². The Kier molecular flexibility index (Phi) is 4.25. The highest BCUT2D eigenvalue weighted by Gasteiger charge is 2.14. The van der Waals surface area contributed by atoms with Crippen LogP contribution in [0.1, 0.15) is 5.56 Å². The summed E-state index contributed by atoms with van der Waals surface area (Å²) in [6, 6.07) is 7.06. The maximum Gasteiger partial charge on any atom is 0.496 e. The molecular formula is C7H8BrO5P. The first-order chi connectivity index (χ1) is 6.47. The van der Waals surface area contributed by atoms with Gasteiger partial charge in [0, 0.05) is 4.47 Å². The molecule has 0 aliphatic rings. The molecule has 0 heterocycles. The number of phosphoric acid groups is 1. The Balaban J connectivity index is 2.39. The molecule has 5 nitrogen and oxygen atoms in total. The van der Waals surface area contributed by atoms with Crippen molar-refractivity contribution in [2.75, 3.05) is 0 Å². The molecule has 78 valence electrons. The third kappa shape index (κ3) is 4.85. The van der Waals surface area contributed by atoms with Crippen molar-refractivity contribution >= 4 is 23.8 Å². The number of halogens is 1. The number of rotatable bonds is 4. The molecule has 0 spiro atoms. The van der Waals surface area contributed by atoms with E-state index in [0.29, 0.717) is 0 Å². The molecule has 7 heteroatoms. The summed E-state index contributed by atoms with van der Waals surface area (Å²) in [4.78, 5) is 20.9. The van der Waals surface area contributed by atoms with E-state index in [1.807, 2.05) is 0 Å². The molecule has 1 aromatic rings. The molecule has 0 aliphatic carbocycles. The molecule has 0 atom stereocenters. The molecule has 1 rings (SSSR count). The molecule has 0 radical (unpaired) electrons. The average Bonchev–Trinajstić information content (AvgIpc) is 2.06. The Bertz CT molecular complexity index is 332. The summed E-state index contributed by atoms with van der Waals surface area (Å²) in [5, 5.41) is 0. The first-order valence-corrected chi connectivity index (χ1v) is 5.91. The van der Waals surface area contributed by atoms with Crippen LogP contribution in [0, 0.1) is 0 Å². The van der Waals surface area contributed by atoms with Crippen LogP contribution in [-0.4, -0.2) is 9.79 Å². The minimum atomic E-state index is -4.54. The Morgan fingerprint density at radius 2 is 1.86 bits per heavy atom. The summed E-state index contributed by atoms with van der Waals surface area (Å²) in [5.41, 5.74) is 0.752. The van der Waals surface area contributed by atoms with E-state index in [-0.39, 0.29) is 6.61 Å². The van der Waals surface area contributed by atoms with Gasteiger partial charge in [-0.1, -0.05) is 28.1 Å². The van der Waals surface area contributed by atoms with Crippen molar-refractivity contribution in [1.29, 1.82) is 0 Å². The Labute approximate surface area is 89.0 Å². The van der Waals surface area contributed by atoms with E-state index in [0.717, 1.165) is 10.0 Å². The van der Waals surface area contributed by atoms with Crippen LogP contribution in [0.5, 0.6) is 0 Å². The molecule has 0 unspecified atom stereocenters. The molecule has 0 amide bonds. The van der Waals surface area contributed by atoms with Crippen LogP contribution in [0.25, 0.3) is 0 Å². The normalized spacial score (nSPS) is 11.6. The summed E-state index contributed by atoms with van der Waals surface area (Å²) in [6.07, 6.45) is 0. The van der Waals surface area contributed by atoms with Crippen LogP contribution in [0.3, 0.4) is 0 Å². The highest BCUT2D eigenvalue weighted by molar-refractivity contribution is 9.10. The smallest absolute Gasteiger partial charge is 0.301 e. The second-order valence-corrected chi connectivity index (χ2v) is 4.50. The molecule has 0 saturated heterocycles. The van der Waals surface area contributed by atoms with Crippen LogP contribution in [0.15, 0.2) is 28.7 Å². The first kappa shape index (κ1) is 11.8. The molecule has 0 aromatic heterocycles. The van der Waals surface area contributed by atoms with Gasteiger partial charge in [-0.3, -0.25) is 0 Å². The van der Waals surface area contributed by atoms with Crippen LogP contribution < -0.4 is 0 Å². The standard InChI is InChI=1S/C7H8BrO5P/c8-7-3-1-6(2-4-7)5-12-13-14(9,10)11/h1-4H,5H2,(H2,9,10,11). The fourth-order valence-corrected chi connectivity index (χ4v) is 1.20. The summed E-state index contributed by atoms with van der Waals surface area (Å²) in [5.74, 6) is 0. The van der Waals surface area contributed by atoms with Crippen molar-refractivity contribution < 1.29 is 23.9 Å². The van der Waals surface area contributed by atoms with Crippen molar-refractivity contribution in [1.82, 2.24) is 0 Å². The van der Waals surface area contributed by atoms with Gasteiger partial charge in [-0.15, -0.1) is 4.67 Å². The largest absolute Gasteiger partial charge is 0.496 e. The van der Waals surface area contributed by atoms with Gasteiger partial charge in [0.1, 0.15) is 6.61 Å². The zero-order chi connectivity index (χ0) is 10.6. The van der Waals surface area contributed by atoms with Gasteiger partial charge in [0.15, 0.2) is 0 Å². The van der Waals surface area contributed by atoms with E-state index in [2.05, 4.69) is 25.5 Å². The minimum absolute atomic E-state index is 0.0155. The van der Waals surface area contributed by atoms with Gasteiger partial charge in [0.25, 0.3) is 0 Å². The number of benzene rings is 1. The average molecular weight is 283 g/mol. The van der Waals surface area contributed by atoms with Crippen LogP contribution in [0.4, 0.5) is 0 Å². The van der Waals surface area contributed by atoms with Crippen molar-refractivity contribution in [2.45, 2.75) is 6.61 Å². The summed E-state index contributed by atoms with van der Waals surface area (Å²) in [7, 11) is -4.54. The van der Waals surface area contributed by atoms with Gasteiger partial charge in [-0.25, -0.2) is 9.45 Å². The van der Waals surface area contributed by atoms with Gasteiger partial charge >= 0.3 is 7.82 Å². The summed E-state index contributed by atoms with van der Waals surface area (Å²) in [6.45, 7) is -0.0155. The lowest BCUT2D eigenvalue weighted by Crippen LogP contribution is -1.93.